The molecule has 0 atom stereocenters. The zero-order valence-corrected chi connectivity index (χ0v) is 16.3. The zero-order chi connectivity index (χ0) is 19.4. The van der Waals surface area contributed by atoms with E-state index in [2.05, 4.69) is 29.6 Å². The molecule has 0 spiro atoms. The van der Waals surface area contributed by atoms with Crippen LogP contribution in [-0.2, 0) is 17.9 Å². The van der Waals surface area contributed by atoms with E-state index in [1.807, 2.05) is 61.5 Å². The van der Waals surface area contributed by atoms with Crippen molar-refractivity contribution in [1.29, 1.82) is 0 Å². The predicted molar refractivity (Wildman–Crippen MR) is 113 cm³/mol. The number of nitrogens with one attached hydrogen (secondary N) is 1. The lowest BCUT2D eigenvalue weighted by atomic mass is 10.2. The van der Waals surface area contributed by atoms with E-state index in [-0.39, 0.29) is 0 Å². The van der Waals surface area contributed by atoms with E-state index < -0.39 is 0 Å². The molecule has 3 aromatic rings. The van der Waals surface area contributed by atoms with Crippen LogP contribution in [0, 0.1) is 0 Å². The zero-order valence-electron chi connectivity index (χ0n) is 16.3. The lowest BCUT2D eigenvalue weighted by Crippen LogP contribution is -2.06. The number of ether oxygens (including phenoxy) is 3. The van der Waals surface area contributed by atoms with Crippen LogP contribution in [0.1, 0.15) is 18.1 Å². The minimum atomic E-state index is 0.549. The quantitative estimate of drug-likeness (QED) is 0.461. The van der Waals surface area contributed by atoms with Gasteiger partial charge in [-0.15, -0.1) is 0 Å². The first-order valence-electron chi connectivity index (χ1n) is 9.64. The molecule has 0 aromatic heterocycles. The molecule has 0 fully saturated rings. The predicted octanol–water partition coefficient (Wildman–Crippen LogP) is 5.29. The summed E-state index contributed by atoms with van der Waals surface area (Å²) in [6.07, 6.45) is 0. The van der Waals surface area contributed by atoms with Gasteiger partial charge in [0.1, 0.15) is 24.7 Å². The summed E-state index contributed by atoms with van der Waals surface area (Å²) in [4.78, 5) is 0. The van der Waals surface area contributed by atoms with Gasteiger partial charge in [-0.25, -0.2) is 0 Å². The fourth-order valence-electron chi connectivity index (χ4n) is 2.74. The molecule has 0 aliphatic heterocycles. The minimum Gasteiger partial charge on any atom is -0.491 e. The number of para-hydroxylation sites is 2. The van der Waals surface area contributed by atoms with Crippen molar-refractivity contribution < 1.29 is 14.2 Å². The minimum absolute atomic E-state index is 0.549. The summed E-state index contributed by atoms with van der Waals surface area (Å²) in [6, 6.07) is 26.3. The van der Waals surface area contributed by atoms with Gasteiger partial charge in [0.05, 0.1) is 12.3 Å². The lowest BCUT2D eigenvalue weighted by molar-refractivity contribution is 0.110. The van der Waals surface area contributed by atoms with Crippen LogP contribution in [0.25, 0.3) is 0 Å². The van der Waals surface area contributed by atoms with E-state index >= 15 is 0 Å². The highest BCUT2D eigenvalue weighted by Crippen LogP contribution is 2.25. The molecule has 1 N–H and O–H groups in total. The van der Waals surface area contributed by atoms with E-state index in [1.54, 1.807) is 0 Å². The Hall–Kier alpha value is -2.98. The molecule has 146 valence electrons. The van der Waals surface area contributed by atoms with Gasteiger partial charge < -0.3 is 19.5 Å². The molecule has 0 unspecified atom stereocenters. The molecule has 28 heavy (non-hydrogen) atoms. The molecule has 3 aromatic carbocycles. The summed E-state index contributed by atoms with van der Waals surface area (Å²) < 4.78 is 16.9. The van der Waals surface area contributed by atoms with Gasteiger partial charge in [-0.1, -0.05) is 54.6 Å². The molecular weight excluding hydrogens is 350 g/mol. The number of rotatable bonds is 11. The van der Waals surface area contributed by atoms with Gasteiger partial charge in [0.15, 0.2) is 0 Å². The number of hydrogen-bond acceptors (Lipinski definition) is 4. The Kier molecular flexibility index (Phi) is 7.77. The van der Waals surface area contributed by atoms with E-state index in [0.29, 0.717) is 33.0 Å². The SMILES string of the molecule is CCOCCOc1ccc(CNc2ccccc2OCc2ccccc2)cc1. The molecular formula is C24H27NO3. The molecule has 0 bridgehead atoms. The largest absolute Gasteiger partial charge is 0.491 e. The van der Waals surface area contributed by atoms with Crippen molar-refractivity contribution in [2.45, 2.75) is 20.1 Å². The third-order valence-corrected chi connectivity index (χ3v) is 4.23. The normalized spacial score (nSPS) is 10.5. The topological polar surface area (TPSA) is 39.7 Å². The second-order valence-corrected chi connectivity index (χ2v) is 6.31. The van der Waals surface area contributed by atoms with Crippen molar-refractivity contribution >= 4 is 5.69 Å². The van der Waals surface area contributed by atoms with Gasteiger partial charge in [0.2, 0.25) is 0 Å². The van der Waals surface area contributed by atoms with Gasteiger partial charge in [-0.05, 0) is 42.3 Å². The fourth-order valence-corrected chi connectivity index (χ4v) is 2.74. The Bertz CT molecular complexity index is 819. The molecule has 0 heterocycles. The average molecular weight is 377 g/mol. The molecule has 0 saturated carbocycles. The van der Waals surface area contributed by atoms with E-state index in [9.17, 15) is 0 Å². The first kappa shape index (κ1) is 19.8. The second-order valence-electron chi connectivity index (χ2n) is 6.31. The third-order valence-electron chi connectivity index (χ3n) is 4.23. The standard InChI is InChI=1S/C24H27NO3/c1-2-26-16-17-27-22-14-12-20(13-15-22)18-25-23-10-6-7-11-24(23)28-19-21-8-4-3-5-9-21/h3-15,25H,2,16-19H2,1H3. The van der Waals surface area contributed by atoms with E-state index in [0.717, 1.165) is 22.7 Å². The van der Waals surface area contributed by atoms with Crippen LogP contribution < -0.4 is 14.8 Å². The van der Waals surface area contributed by atoms with Crippen LogP contribution in [0.15, 0.2) is 78.9 Å². The average Bonchev–Trinajstić information content (AvgIpc) is 2.76. The smallest absolute Gasteiger partial charge is 0.142 e. The first-order chi connectivity index (χ1) is 13.8. The summed E-state index contributed by atoms with van der Waals surface area (Å²) in [5.41, 5.74) is 3.31. The van der Waals surface area contributed by atoms with Crippen molar-refractivity contribution in [2.24, 2.45) is 0 Å². The van der Waals surface area contributed by atoms with Gasteiger partial charge in [0.25, 0.3) is 0 Å². The summed E-state index contributed by atoms with van der Waals surface area (Å²) in [6.45, 7) is 5.13. The maximum absolute atomic E-state index is 6.00. The van der Waals surface area contributed by atoms with Gasteiger partial charge in [-0.2, -0.15) is 0 Å². The van der Waals surface area contributed by atoms with Crippen molar-refractivity contribution in [2.75, 3.05) is 25.1 Å². The number of benzene rings is 3. The molecule has 4 nitrogen and oxygen atoms in total. The maximum Gasteiger partial charge on any atom is 0.142 e. The Labute approximate surface area is 167 Å². The van der Waals surface area contributed by atoms with Crippen LogP contribution in [-0.4, -0.2) is 19.8 Å². The third kappa shape index (κ3) is 6.32. The highest BCUT2D eigenvalue weighted by molar-refractivity contribution is 5.56. The Morgan fingerprint density at radius 2 is 1.46 bits per heavy atom. The molecule has 0 aliphatic rings. The number of anilines is 1. The van der Waals surface area contributed by atoms with Gasteiger partial charge >= 0.3 is 0 Å². The summed E-state index contributed by atoms with van der Waals surface area (Å²) >= 11 is 0. The molecule has 3 rings (SSSR count). The van der Waals surface area contributed by atoms with Crippen molar-refractivity contribution in [3.63, 3.8) is 0 Å². The van der Waals surface area contributed by atoms with Crippen molar-refractivity contribution in [3.8, 4) is 11.5 Å². The fraction of sp³-hybridized carbons (Fsp3) is 0.250. The highest BCUT2D eigenvalue weighted by atomic mass is 16.5. The highest BCUT2D eigenvalue weighted by Gasteiger charge is 2.04. The van der Waals surface area contributed by atoms with Crippen LogP contribution in [0.4, 0.5) is 5.69 Å². The Morgan fingerprint density at radius 3 is 2.25 bits per heavy atom. The summed E-state index contributed by atoms with van der Waals surface area (Å²) in [7, 11) is 0. The molecule has 0 amide bonds. The Morgan fingerprint density at radius 1 is 0.714 bits per heavy atom. The molecule has 4 heteroatoms. The van der Waals surface area contributed by atoms with Gasteiger partial charge in [0, 0.05) is 13.2 Å². The van der Waals surface area contributed by atoms with Gasteiger partial charge in [-0.3, -0.25) is 0 Å². The van der Waals surface area contributed by atoms with Crippen molar-refractivity contribution in [1.82, 2.24) is 0 Å². The summed E-state index contributed by atoms with van der Waals surface area (Å²) in [5, 5.41) is 3.46. The monoisotopic (exact) mass is 377 g/mol. The number of hydrogen-bond donors (Lipinski definition) is 1. The van der Waals surface area contributed by atoms with E-state index in [1.165, 1.54) is 5.56 Å². The Balaban J connectivity index is 1.51. The molecule has 0 radical (unpaired) electrons. The summed E-state index contributed by atoms with van der Waals surface area (Å²) in [5.74, 6) is 1.71. The van der Waals surface area contributed by atoms with Crippen molar-refractivity contribution in [3.05, 3.63) is 90.0 Å². The molecule has 0 saturated heterocycles. The van der Waals surface area contributed by atoms with E-state index in [4.69, 9.17) is 14.2 Å². The van der Waals surface area contributed by atoms with Crippen LogP contribution in [0.2, 0.25) is 0 Å². The first-order valence-corrected chi connectivity index (χ1v) is 9.64. The van der Waals surface area contributed by atoms with Crippen LogP contribution >= 0.6 is 0 Å². The van der Waals surface area contributed by atoms with Crippen LogP contribution in [0.3, 0.4) is 0 Å². The maximum atomic E-state index is 6.00. The van der Waals surface area contributed by atoms with Crippen LogP contribution in [0.5, 0.6) is 11.5 Å². The molecule has 0 aliphatic carbocycles. The lowest BCUT2D eigenvalue weighted by Gasteiger charge is -2.14. The second kappa shape index (κ2) is 11.0.